The molecule has 6 heteroatoms. The van der Waals surface area contributed by atoms with Crippen LogP contribution in [0.15, 0.2) is 9.52 Å². The van der Waals surface area contributed by atoms with Gasteiger partial charge in [0.1, 0.15) is 0 Å². The van der Waals surface area contributed by atoms with Gasteiger partial charge in [0.05, 0.1) is 0 Å². The lowest BCUT2D eigenvalue weighted by molar-refractivity contribution is 0.369. The van der Waals surface area contributed by atoms with Gasteiger partial charge in [-0.3, -0.25) is 4.99 Å². The summed E-state index contributed by atoms with van der Waals surface area (Å²) in [6, 6.07) is 0. The Balaban J connectivity index is 2.42. The number of aromatic nitrogens is 2. The van der Waals surface area contributed by atoms with Crippen LogP contribution in [0.2, 0.25) is 0 Å². The summed E-state index contributed by atoms with van der Waals surface area (Å²) in [5.74, 6) is 2.78. The largest absolute Gasteiger partial charge is 0.357 e. The van der Waals surface area contributed by atoms with Crippen LogP contribution in [0.25, 0.3) is 0 Å². The Kier molecular flexibility index (Phi) is 8.55. The van der Waals surface area contributed by atoms with Crippen molar-refractivity contribution in [2.75, 3.05) is 26.7 Å². The molecule has 0 unspecified atom stereocenters. The third kappa shape index (κ3) is 6.45. The monoisotopic (exact) mass is 309 g/mol. The summed E-state index contributed by atoms with van der Waals surface area (Å²) >= 11 is 0. The van der Waals surface area contributed by atoms with Crippen LogP contribution >= 0.6 is 0 Å². The number of unbranched alkanes of at least 4 members (excludes halogenated alkanes) is 1. The Morgan fingerprint density at radius 3 is 2.68 bits per heavy atom. The first kappa shape index (κ1) is 18.5. The Hall–Kier alpha value is -1.59. The predicted octanol–water partition coefficient (Wildman–Crippen LogP) is 2.82. The van der Waals surface area contributed by atoms with Crippen molar-refractivity contribution in [3.05, 3.63) is 11.7 Å². The summed E-state index contributed by atoms with van der Waals surface area (Å²) in [5.41, 5.74) is 0. The highest BCUT2D eigenvalue weighted by atomic mass is 16.5. The van der Waals surface area contributed by atoms with Crippen LogP contribution in [0, 0.1) is 0 Å². The summed E-state index contributed by atoms with van der Waals surface area (Å²) in [4.78, 5) is 11.2. The summed E-state index contributed by atoms with van der Waals surface area (Å²) in [7, 11) is 2.09. The summed E-state index contributed by atoms with van der Waals surface area (Å²) < 4.78 is 5.25. The van der Waals surface area contributed by atoms with Crippen molar-refractivity contribution in [2.24, 2.45) is 4.99 Å². The molecular formula is C16H31N5O. The Morgan fingerprint density at radius 2 is 2.09 bits per heavy atom. The SMILES string of the molecule is CCCCN(C)C(=NCCCc1nc(C(C)C)no1)NCC. The number of hydrogen-bond acceptors (Lipinski definition) is 4. The molecule has 0 aliphatic heterocycles. The molecule has 0 saturated carbocycles. The zero-order chi connectivity index (χ0) is 16.4. The first-order valence-corrected chi connectivity index (χ1v) is 8.40. The highest BCUT2D eigenvalue weighted by molar-refractivity contribution is 5.79. The van der Waals surface area contributed by atoms with Crippen LogP contribution in [0.1, 0.15) is 64.6 Å². The van der Waals surface area contributed by atoms with Gasteiger partial charge in [-0.15, -0.1) is 0 Å². The Bertz CT molecular complexity index is 441. The highest BCUT2D eigenvalue weighted by Gasteiger charge is 2.09. The molecule has 1 rings (SSSR count). The molecular weight excluding hydrogens is 278 g/mol. The minimum atomic E-state index is 0.308. The van der Waals surface area contributed by atoms with Gasteiger partial charge in [-0.1, -0.05) is 32.3 Å². The van der Waals surface area contributed by atoms with Crippen molar-refractivity contribution in [1.82, 2.24) is 20.4 Å². The maximum absolute atomic E-state index is 5.25. The van der Waals surface area contributed by atoms with E-state index < -0.39 is 0 Å². The molecule has 1 N–H and O–H groups in total. The molecule has 0 atom stereocenters. The third-order valence-electron chi connectivity index (χ3n) is 3.35. The second-order valence-electron chi connectivity index (χ2n) is 5.82. The van der Waals surface area contributed by atoms with E-state index >= 15 is 0 Å². The van der Waals surface area contributed by atoms with Crippen LogP contribution in [-0.2, 0) is 6.42 Å². The number of guanidine groups is 1. The van der Waals surface area contributed by atoms with Crippen molar-refractivity contribution in [1.29, 1.82) is 0 Å². The number of rotatable bonds is 9. The molecule has 0 fully saturated rings. The van der Waals surface area contributed by atoms with Gasteiger partial charge in [0.25, 0.3) is 0 Å². The molecule has 6 nitrogen and oxygen atoms in total. The second kappa shape index (κ2) is 10.2. The molecule has 1 heterocycles. The standard InChI is InChI=1S/C16H31N5O/c1-6-8-12-21(5)16(17-7-2)18-11-9-10-14-19-15(13(3)4)20-22-14/h13H,6-12H2,1-5H3,(H,17,18). The quantitative estimate of drug-likeness (QED) is 0.431. The molecule has 1 aromatic heterocycles. The van der Waals surface area contributed by atoms with Gasteiger partial charge in [-0.2, -0.15) is 4.98 Å². The molecule has 126 valence electrons. The molecule has 0 aromatic carbocycles. The molecule has 0 saturated heterocycles. The van der Waals surface area contributed by atoms with E-state index in [0.717, 1.165) is 44.3 Å². The van der Waals surface area contributed by atoms with Crippen molar-refractivity contribution < 1.29 is 4.52 Å². The van der Waals surface area contributed by atoms with E-state index in [1.54, 1.807) is 0 Å². The minimum Gasteiger partial charge on any atom is -0.357 e. The fraction of sp³-hybridized carbons (Fsp3) is 0.812. The lowest BCUT2D eigenvalue weighted by Crippen LogP contribution is -2.39. The van der Waals surface area contributed by atoms with Crippen molar-refractivity contribution in [3.8, 4) is 0 Å². The van der Waals surface area contributed by atoms with Crippen molar-refractivity contribution in [2.45, 2.75) is 59.3 Å². The Morgan fingerprint density at radius 1 is 1.32 bits per heavy atom. The maximum Gasteiger partial charge on any atom is 0.226 e. The normalized spacial score (nSPS) is 12.0. The maximum atomic E-state index is 5.25. The van der Waals surface area contributed by atoms with Gasteiger partial charge in [0.15, 0.2) is 11.8 Å². The molecule has 0 aliphatic rings. The molecule has 0 bridgehead atoms. The van der Waals surface area contributed by atoms with Gasteiger partial charge in [-0.05, 0) is 19.8 Å². The molecule has 1 aromatic rings. The van der Waals surface area contributed by atoms with Crippen LogP contribution in [0.5, 0.6) is 0 Å². The highest BCUT2D eigenvalue weighted by Crippen LogP contribution is 2.10. The van der Waals surface area contributed by atoms with E-state index in [2.05, 4.69) is 60.1 Å². The van der Waals surface area contributed by atoms with E-state index in [-0.39, 0.29) is 0 Å². The second-order valence-corrected chi connectivity index (χ2v) is 5.82. The van der Waals surface area contributed by atoms with Gasteiger partial charge in [0.2, 0.25) is 5.89 Å². The lowest BCUT2D eigenvalue weighted by Gasteiger charge is -2.21. The predicted molar refractivity (Wildman–Crippen MR) is 90.2 cm³/mol. The molecule has 0 spiro atoms. The van der Waals surface area contributed by atoms with Gasteiger partial charge >= 0.3 is 0 Å². The fourth-order valence-corrected chi connectivity index (χ4v) is 1.99. The van der Waals surface area contributed by atoms with E-state index in [1.807, 2.05) is 0 Å². The van der Waals surface area contributed by atoms with Gasteiger partial charge < -0.3 is 14.7 Å². The van der Waals surface area contributed by atoms with E-state index in [1.165, 1.54) is 12.8 Å². The summed E-state index contributed by atoms with van der Waals surface area (Å²) in [6.07, 6.45) is 4.07. The summed E-state index contributed by atoms with van der Waals surface area (Å²) in [5, 5.41) is 7.31. The van der Waals surface area contributed by atoms with Crippen LogP contribution in [-0.4, -0.2) is 47.7 Å². The van der Waals surface area contributed by atoms with Gasteiger partial charge in [-0.25, -0.2) is 0 Å². The first-order chi connectivity index (χ1) is 10.6. The zero-order valence-electron chi connectivity index (χ0n) is 14.7. The molecule has 0 aliphatic carbocycles. The fourth-order valence-electron chi connectivity index (χ4n) is 1.99. The number of nitrogens with one attached hydrogen (secondary N) is 1. The number of aliphatic imine (C=N–C) groups is 1. The van der Waals surface area contributed by atoms with E-state index in [4.69, 9.17) is 4.52 Å². The third-order valence-corrected chi connectivity index (χ3v) is 3.35. The topological polar surface area (TPSA) is 66.5 Å². The van der Waals surface area contributed by atoms with Gasteiger partial charge in [0, 0.05) is 39.0 Å². The first-order valence-electron chi connectivity index (χ1n) is 8.40. The smallest absolute Gasteiger partial charge is 0.226 e. The number of aryl methyl sites for hydroxylation is 1. The van der Waals surface area contributed by atoms with Crippen LogP contribution in [0.3, 0.4) is 0 Å². The van der Waals surface area contributed by atoms with Crippen molar-refractivity contribution >= 4 is 5.96 Å². The minimum absolute atomic E-state index is 0.308. The number of hydrogen-bond donors (Lipinski definition) is 1. The average Bonchev–Trinajstić information content (AvgIpc) is 2.97. The van der Waals surface area contributed by atoms with E-state index in [9.17, 15) is 0 Å². The molecule has 0 amide bonds. The lowest BCUT2D eigenvalue weighted by atomic mass is 10.2. The molecule has 22 heavy (non-hydrogen) atoms. The van der Waals surface area contributed by atoms with Crippen molar-refractivity contribution in [3.63, 3.8) is 0 Å². The number of nitrogens with zero attached hydrogens (tertiary/aromatic N) is 4. The summed E-state index contributed by atoms with van der Waals surface area (Å²) in [6.45, 7) is 11.1. The van der Waals surface area contributed by atoms with Crippen LogP contribution < -0.4 is 5.32 Å². The molecule has 0 radical (unpaired) electrons. The Labute approximate surface area is 134 Å². The van der Waals surface area contributed by atoms with Crippen LogP contribution in [0.4, 0.5) is 0 Å². The average molecular weight is 309 g/mol. The van der Waals surface area contributed by atoms with E-state index in [0.29, 0.717) is 11.8 Å². The zero-order valence-corrected chi connectivity index (χ0v) is 14.7.